The second-order valence-corrected chi connectivity index (χ2v) is 3.76. The molecule has 6 heteroatoms. The van der Waals surface area contributed by atoms with Gasteiger partial charge in [0.2, 0.25) is 0 Å². The van der Waals surface area contributed by atoms with E-state index in [0.717, 1.165) is 0 Å². The summed E-state index contributed by atoms with van der Waals surface area (Å²) in [7, 11) is 1.28. The van der Waals surface area contributed by atoms with Crippen molar-refractivity contribution in [2.45, 2.75) is 6.54 Å². The third-order valence-electron chi connectivity index (χ3n) is 2.39. The minimum absolute atomic E-state index is 0.0813. The van der Waals surface area contributed by atoms with Crippen LogP contribution in [0.4, 0.5) is 0 Å². The van der Waals surface area contributed by atoms with Crippen LogP contribution >= 0.6 is 11.6 Å². The zero-order chi connectivity index (χ0) is 11.7. The van der Waals surface area contributed by atoms with Crippen LogP contribution in [0.25, 0.3) is 0 Å². The predicted molar refractivity (Wildman–Crippen MR) is 56.0 cm³/mol. The molecule has 0 unspecified atom stereocenters. The number of aromatic nitrogens is 1. The molecule has 2 rings (SSSR count). The van der Waals surface area contributed by atoms with Gasteiger partial charge < -0.3 is 9.64 Å². The second kappa shape index (κ2) is 4.09. The first-order valence-corrected chi connectivity index (χ1v) is 5.00. The van der Waals surface area contributed by atoms with Crippen molar-refractivity contribution in [1.82, 2.24) is 9.88 Å². The molecule has 0 radical (unpaired) electrons. The summed E-state index contributed by atoms with van der Waals surface area (Å²) in [6.07, 6.45) is 1.47. The number of amides is 1. The standard InChI is InChI=1S/C10H9ClN2O3/c1-16-8(14)5-13-4-6-7(11)2-3-12-9(6)10(13)15/h2-3H,4-5H2,1H3. The lowest BCUT2D eigenvalue weighted by molar-refractivity contribution is -0.141. The molecule has 0 fully saturated rings. The molecule has 1 aromatic heterocycles. The maximum Gasteiger partial charge on any atom is 0.325 e. The van der Waals surface area contributed by atoms with E-state index in [1.165, 1.54) is 18.2 Å². The van der Waals surface area contributed by atoms with Crippen LogP contribution in [-0.4, -0.2) is 35.4 Å². The number of carbonyl (C=O) groups is 2. The molecule has 1 aliphatic rings. The summed E-state index contributed by atoms with van der Waals surface area (Å²) in [5.74, 6) is -0.750. The fourth-order valence-electron chi connectivity index (χ4n) is 1.56. The van der Waals surface area contributed by atoms with Gasteiger partial charge in [-0.1, -0.05) is 11.6 Å². The molecule has 1 aliphatic heterocycles. The predicted octanol–water partition coefficient (Wildman–Crippen LogP) is 0.864. The third-order valence-corrected chi connectivity index (χ3v) is 2.74. The van der Waals surface area contributed by atoms with Gasteiger partial charge in [0.05, 0.1) is 13.7 Å². The van der Waals surface area contributed by atoms with Crippen molar-refractivity contribution >= 4 is 23.5 Å². The quantitative estimate of drug-likeness (QED) is 0.720. The number of hydrogen-bond acceptors (Lipinski definition) is 4. The Balaban J connectivity index is 2.24. The number of fused-ring (bicyclic) bond motifs is 1. The van der Waals surface area contributed by atoms with Crippen molar-refractivity contribution < 1.29 is 14.3 Å². The zero-order valence-corrected chi connectivity index (χ0v) is 9.32. The lowest BCUT2D eigenvalue weighted by Gasteiger charge is -2.12. The lowest BCUT2D eigenvalue weighted by atomic mass is 10.2. The topological polar surface area (TPSA) is 59.5 Å². The number of ether oxygens (including phenoxy) is 1. The highest BCUT2D eigenvalue weighted by Crippen LogP contribution is 2.26. The molecule has 1 aromatic rings. The monoisotopic (exact) mass is 240 g/mol. The van der Waals surface area contributed by atoms with Gasteiger partial charge in [0.1, 0.15) is 12.2 Å². The molecule has 0 bridgehead atoms. The first kappa shape index (κ1) is 10.9. The Kier molecular flexibility index (Phi) is 2.78. The molecule has 0 N–H and O–H groups in total. The van der Waals surface area contributed by atoms with Crippen molar-refractivity contribution in [3.05, 3.63) is 28.5 Å². The van der Waals surface area contributed by atoms with Crippen LogP contribution in [0.5, 0.6) is 0 Å². The van der Waals surface area contributed by atoms with Gasteiger partial charge in [-0.15, -0.1) is 0 Å². The van der Waals surface area contributed by atoms with Gasteiger partial charge in [0, 0.05) is 16.8 Å². The summed E-state index contributed by atoms with van der Waals surface area (Å²) in [4.78, 5) is 28.2. The Hall–Kier alpha value is -1.62. The molecule has 0 saturated carbocycles. The molecule has 16 heavy (non-hydrogen) atoms. The SMILES string of the molecule is COC(=O)CN1Cc2c(Cl)ccnc2C1=O. The van der Waals surface area contributed by atoms with Crippen LogP contribution in [-0.2, 0) is 16.1 Å². The Morgan fingerprint density at radius 2 is 2.44 bits per heavy atom. The molecule has 1 amide bonds. The fourth-order valence-corrected chi connectivity index (χ4v) is 1.77. The van der Waals surface area contributed by atoms with Crippen LogP contribution in [0, 0.1) is 0 Å². The molecule has 0 atom stereocenters. The lowest BCUT2D eigenvalue weighted by Crippen LogP contribution is -2.30. The largest absolute Gasteiger partial charge is 0.468 e. The Morgan fingerprint density at radius 3 is 3.06 bits per heavy atom. The second-order valence-electron chi connectivity index (χ2n) is 3.36. The molecule has 0 saturated heterocycles. The van der Waals surface area contributed by atoms with Crippen molar-refractivity contribution in [3.63, 3.8) is 0 Å². The molecule has 0 aromatic carbocycles. The smallest absolute Gasteiger partial charge is 0.325 e. The summed E-state index contributed by atoms with van der Waals surface area (Å²) in [6, 6.07) is 1.62. The number of halogens is 1. The summed E-state index contributed by atoms with van der Waals surface area (Å²) in [6.45, 7) is 0.220. The summed E-state index contributed by atoms with van der Waals surface area (Å²) in [5, 5.41) is 0.491. The zero-order valence-electron chi connectivity index (χ0n) is 8.57. The fraction of sp³-hybridized carbons (Fsp3) is 0.300. The van der Waals surface area contributed by atoms with Crippen LogP contribution in [0.15, 0.2) is 12.3 Å². The van der Waals surface area contributed by atoms with Gasteiger partial charge in [-0.2, -0.15) is 0 Å². The molecular formula is C10H9ClN2O3. The van der Waals surface area contributed by atoms with E-state index < -0.39 is 5.97 Å². The van der Waals surface area contributed by atoms with E-state index in [9.17, 15) is 9.59 Å². The van der Waals surface area contributed by atoms with Gasteiger partial charge in [0.25, 0.3) is 5.91 Å². The van der Waals surface area contributed by atoms with Crippen LogP contribution in [0.2, 0.25) is 5.02 Å². The first-order valence-electron chi connectivity index (χ1n) is 4.63. The average molecular weight is 241 g/mol. The summed E-state index contributed by atoms with van der Waals surface area (Å²) >= 11 is 5.94. The maximum absolute atomic E-state index is 11.8. The Bertz CT molecular complexity index is 461. The van der Waals surface area contributed by atoms with Crippen molar-refractivity contribution in [3.8, 4) is 0 Å². The van der Waals surface area contributed by atoms with Gasteiger partial charge in [-0.05, 0) is 6.07 Å². The summed E-state index contributed by atoms with van der Waals surface area (Å²) in [5.41, 5.74) is 0.981. The number of nitrogens with zero attached hydrogens (tertiary/aromatic N) is 2. The van der Waals surface area contributed by atoms with Crippen LogP contribution < -0.4 is 0 Å². The maximum atomic E-state index is 11.8. The van der Waals surface area contributed by atoms with Gasteiger partial charge in [-0.25, -0.2) is 0 Å². The van der Waals surface area contributed by atoms with E-state index >= 15 is 0 Å². The number of rotatable bonds is 2. The van der Waals surface area contributed by atoms with E-state index in [4.69, 9.17) is 11.6 Å². The van der Waals surface area contributed by atoms with Crippen molar-refractivity contribution in [1.29, 1.82) is 0 Å². The normalized spacial score (nSPS) is 13.9. The van der Waals surface area contributed by atoms with E-state index in [1.54, 1.807) is 6.07 Å². The highest BCUT2D eigenvalue weighted by molar-refractivity contribution is 6.32. The third kappa shape index (κ3) is 1.74. The summed E-state index contributed by atoms with van der Waals surface area (Å²) < 4.78 is 4.50. The number of hydrogen-bond donors (Lipinski definition) is 0. The van der Waals surface area contributed by atoms with Gasteiger partial charge >= 0.3 is 5.97 Å². The van der Waals surface area contributed by atoms with E-state index in [0.29, 0.717) is 22.8 Å². The molecule has 2 heterocycles. The average Bonchev–Trinajstić information content (AvgIpc) is 2.58. The minimum Gasteiger partial charge on any atom is -0.468 e. The van der Waals surface area contributed by atoms with Gasteiger partial charge in [-0.3, -0.25) is 14.6 Å². The number of esters is 1. The van der Waals surface area contributed by atoms with Crippen molar-refractivity contribution in [2.24, 2.45) is 0 Å². The highest BCUT2D eigenvalue weighted by atomic mass is 35.5. The highest BCUT2D eigenvalue weighted by Gasteiger charge is 2.31. The molecule has 0 aliphatic carbocycles. The molecule has 0 spiro atoms. The minimum atomic E-state index is -0.461. The molecule has 5 nitrogen and oxygen atoms in total. The Labute approximate surface area is 97.0 Å². The molecular weight excluding hydrogens is 232 g/mol. The first-order chi connectivity index (χ1) is 7.63. The van der Waals surface area contributed by atoms with Gasteiger partial charge in [0.15, 0.2) is 0 Å². The Morgan fingerprint density at radius 1 is 1.69 bits per heavy atom. The van der Waals surface area contributed by atoms with Crippen molar-refractivity contribution in [2.75, 3.05) is 13.7 Å². The van der Waals surface area contributed by atoms with E-state index in [-0.39, 0.29) is 12.5 Å². The number of pyridine rings is 1. The molecule has 84 valence electrons. The number of carbonyl (C=O) groups excluding carboxylic acids is 2. The van der Waals surface area contributed by atoms with Crippen LogP contribution in [0.1, 0.15) is 16.1 Å². The van der Waals surface area contributed by atoms with Crippen LogP contribution in [0.3, 0.4) is 0 Å². The van der Waals surface area contributed by atoms with E-state index in [1.807, 2.05) is 0 Å². The van der Waals surface area contributed by atoms with E-state index in [2.05, 4.69) is 9.72 Å². The number of methoxy groups -OCH3 is 1.